The first-order valence-corrected chi connectivity index (χ1v) is 7.10. The van der Waals surface area contributed by atoms with Gasteiger partial charge in [-0.1, -0.05) is 12.1 Å². The molecule has 0 radical (unpaired) electrons. The lowest BCUT2D eigenvalue weighted by molar-refractivity contribution is -0.122. The molecule has 1 amide bonds. The van der Waals surface area contributed by atoms with E-state index < -0.39 is 0 Å². The van der Waals surface area contributed by atoms with E-state index in [2.05, 4.69) is 15.5 Å². The molecule has 0 spiro atoms. The largest absolute Gasteiger partial charge is 0.351 e. The fourth-order valence-electron chi connectivity index (χ4n) is 2.34. The van der Waals surface area contributed by atoms with Crippen molar-refractivity contribution in [3.8, 4) is 0 Å². The molecule has 1 aromatic rings. The van der Waals surface area contributed by atoms with Crippen LogP contribution in [0.4, 0.5) is 4.39 Å². The summed E-state index contributed by atoms with van der Waals surface area (Å²) < 4.78 is 13.1. The topological polar surface area (TPSA) is 44.4 Å². The SMILES string of the molecule is Cc1cc(CNC(=O)CN2CCCNCC2)ccc1F. The third-order valence-electron chi connectivity index (χ3n) is 3.51. The number of halogens is 1. The lowest BCUT2D eigenvalue weighted by Crippen LogP contribution is -2.38. The quantitative estimate of drug-likeness (QED) is 0.866. The Kier molecular flexibility index (Phi) is 5.49. The van der Waals surface area contributed by atoms with E-state index in [0.717, 1.165) is 38.2 Å². The molecule has 1 fully saturated rings. The average Bonchev–Trinajstić information content (AvgIpc) is 2.69. The van der Waals surface area contributed by atoms with Crippen molar-refractivity contribution < 1.29 is 9.18 Å². The van der Waals surface area contributed by atoms with Gasteiger partial charge in [0.2, 0.25) is 5.91 Å². The molecular weight excluding hydrogens is 257 g/mol. The zero-order valence-electron chi connectivity index (χ0n) is 11.9. The summed E-state index contributed by atoms with van der Waals surface area (Å²) in [5.74, 6) is -0.189. The molecule has 0 unspecified atom stereocenters. The summed E-state index contributed by atoms with van der Waals surface area (Å²) in [6.45, 7) is 6.43. The third-order valence-corrected chi connectivity index (χ3v) is 3.51. The Bertz CT molecular complexity index is 456. The summed E-state index contributed by atoms with van der Waals surface area (Å²) in [5, 5.41) is 6.20. The number of benzene rings is 1. The smallest absolute Gasteiger partial charge is 0.234 e. The highest BCUT2D eigenvalue weighted by molar-refractivity contribution is 5.78. The maximum absolute atomic E-state index is 13.1. The van der Waals surface area contributed by atoms with Crippen molar-refractivity contribution in [3.63, 3.8) is 0 Å². The number of amides is 1. The van der Waals surface area contributed by atoms with Crippen molar-refractivity contribution in [2.45, 2.75) is 19.9 Å². The van der Waals surface area contributed by atoms with Gasteiger partial charge in [-0.25, -0.2) is 4.39 Å². The first kappa shape index (κ1) is 14.9. The van der Waals surface area contributed by atoms with Crippen LogP contribution in [0.2, 0.25) is 0 Å². The lowest BCUT2D eigenvalue weighted by Gasteiger charge is -2.18. The highest BCUT2D eigenvalue weighted by Crippen LogP contribution is 2.08. The molecule has 1 aliphatic heterocycles. The van der Waals surface area contributed by atoms with Crippen molar-refractivity contribution in [2.75, 3.05) is 32.7 Å². The standard InChI is InChI=1S/C15H22FN3O/c1-12-9-13(3-4-14(12)16)10-18-15(20)11-19-7-2-5-17-6-8-19/h3-4,9,17H,2,5-8,10-11H2,1H3,(H,18,20). The molecule has 0 saturated carbocycles. The van der Waals surface area contributed by atoms with Crippen LogP contribution in [0.5, 0.6) is 0 Å². The molecule has 5 heteroatoms. The van der Waals surface area contributed by atoms with E-state index >= 15 is 0 Å². The van der Waals surface area contributed by atoms with Crippen LogP contribution < -0.4 is 10.6 Å². The van der Waals surface area contributed by atoms with E-state index in [4.69, 9.17) is 0 Å². The van der Waals surface area contributed by atoms with E-state index in [0.29, 0.717) is 18.7 Å². The summed E-state index contributed by atoms with van der Waals surface area (Å²) in [6.07, 6.45) is 1.07. The Labute approximate surface area is 119 Å². The fourth-order valence-corrected chi connectivity index (χ4v) is 2.34. The molecule has 0 aliphatic carbocycles. The minimum Gasteiger partial charge on any atom is -0.351 e. The molecule has 2 N–H and O–H groups in total. The Hall–Kier alpha value is -1.46. The molecular formula is C15H22FN3O. The highest BCUT2D eigenvalue weighted by atomic mass is 19.1. The van der Waals surface area contributed by atoms with Crippen molar-refractivity contribution in [1.29, 1.82) is 0 Å². The summed E-state index contributed by atoms with van der Waals surface area (Å²) in [6, 6.07) is 4.92. The van der Waals surface area contributed by atoms with Gasteiger partial charge in [0, 0.05) is 19.6 Å². The second-order valence-electron chi connectivity index (χ2n) is 5.24. The van der Waals surface area contributed by atoms with Gasteiger partial charge in [-0.05, 0) is 43.6 Å². The number of rotatable bonds is 4. The molecule has 0 atom stereocenters. The van der Waals surface area contributed by atoms with Crippen LogP contribution >= 0.6 is 0 Å². The summed E-state index contributed by atoms with van der Waals surface area (Å²) in [4.78, 5) is 14.1. The van der Waals surface area contributed by atoms with Crippen LogP contribution in [-0.2, 0) is 11.3 Å². The molecule has 1 aromatic carbocycles. The Morgan fingerprint density at radius 1 is 1.40 bits per heavy atom. The van der Waals surface area contributed by atoms with Gasteiger partial charge in [0.25, 0.3) is 0 Å². The predicted octanol–water partition coefficient (Wildman–Crippen LogP) is 1.05. The van der Waals surface area contributed by atoms with Gasteiger partial charge in [-0.3, -0.25) is 9.69 Å². The average molecular weight is 279 g/mol. The number of nitrogens with zero attached hydrogens (tertiary/aromatic N) is 1. The van der Waals surface area contributed by atoms with E-state index in [1.807, 2.05) is 0 Å². The van der Waals surface area contributed by atoms with Crippen molar-refractivity contribution in [1.82, 2.24) is 15.5 Å². The Balaban J connectivity index is 1.77. The minimum absolute atomic E-state index is 0.0221. The van der Waals surface area contributed by atoms with Crippen LogP contribution in [0.25, 0.3) is 0 Å². The van der Waals surface area contributed by atoms with Gasteiger partial charge in [-0.15, -0.1) is 0 Å². The van der Waals surface area contributed by atoms with Crippen LogP contribution in [-0.4, -0.2) is 43.5 Å². The van der Waals surface area contributed by atoms with Crippen LogP contribution in [0.1, 0.15) is 17.5 Å². The number of hydrogen-bond donors (Lipinski definition) is 2. The molecule has 1 aliphatic rings. The molecule has 4 nitrogen and oxygen atoms in total. The van der Waals surface area contributed by atoms with Crippen LogP contribution in [0.15, 0.2) is 18.2 Å². The van der Waals surface area contributed by atoms with E-state index in [-0.39, 0.29) is 11.7 Å². The number of carbonyl (C=O) groups excluding carboxylic acids is 1. The van der Waals surface area contributed by atoms with Gasteiger partial charge in [0.05, 0.1) is 6.54 Å². The molecule has 0 bridgehead atoms. The molecule has 1 saturated heterocycles. The van der Waals surface area contributed by atoms with Gasteiger partial charge in [0.15, 0.2) is 0 Å². The second-order valence-corrected chi connectivity index (χ2v) is 5.24. The van der Waals surface area contributed by atoms with E-state index in [9.17, 15) is 9.18 Å². The van der Waals surface area contributed by atoms with E-state index in [1.165, 1.54) is 6.07 Å². The monoisotopic (exact) mass is 279 g/mol. The maximum atomic E-state index is 13.1. The first-order valence-electron chi connectivity index (χ1n) is 7.10. The second kappa shape index (κ2) is 7.36. The fraction of sp³-hybridized carbons (Fsp3) is 0.533. The molecule has 1 heterocycles. The summed E-state index contributed by atoms with van der Waals surface area (Å²) in [5.41, 5.74) is 1.53. The normalized spacial score (nSPS) is 16.7. The summed E-state index contributed by atoms with van der Waals surface area (Å²) >= 11 is 0. The summed E-state index contributed by atoms with van der Waals surface area (Å²) in [7, 11) is 0. The zero-order chi connectivity index (χ0) is 14.4. The van der Waals surface area contributed by atoms with Crippen molar-refractivity contribution in [2.24, 2.45) is 0 Å². The third kappa shape index (κ3) is 4.58. The number of nitrogens with one attached hydrogen (secondary N) is 2. The van der Waals surface area contributed by atoms with Crippen LogP contribution in [0, 0.1) is 12.7 Å². The van der Waals surface area contributed by atoms with Crippen LogP contribution in [0.3, 0.4) is 0 Å². The van der Waals surface area contributed by atoms with Gasteiger partial charge in [0.1, 0.15) is 5.82 Å². The molecule has 2 rings (SSSR count). The lowest BCUT2D eigenvalue weighted by atomic mass is 10.1. The van der Waals surface area contributed by atoms with E-state index in [1.54, 1.807) is 19.1 Å². The van der Waals surface area contributed by atoms with Gasteiger partial charge >= 0.3 is 0 Å². The number of hydrogen-bond acceptors (Lipinski definition) is 3. The molecule has 110 valence electrons. The minimum atomic E-state index is -0.211. The van der Waals surface area contributed by atoms with Crippen molar-refractivity contribution >= 4 is 5.91 Å². The number of carbonyl (C=O) groups is 1. The predicted molar refractivity (Wildman–Crippen MR) is 76.9 cm³/mol. The van der Waals surface area contributed by atoms with Gasteiger partial charge < -0.3 is 10.6 Å². The highest BCUT2D eigenvalue weighted by Gasteiger charge is 2.12. The van der Waals surface area contributed by atoms with Crippen molar-refractivity contribution in [3.05, 3.63) is 35.1 Å². The Morgan fingerprint density at radius 3 is 3.05 bits per heavy atom. The first-order chi connectivity index (χ1) is 9.65. The molecule has 20 heavy (non-hydrogen) atoms. The maximum Gasteiger partial charge on any atom is 0.234 e. The molecule has 0 aromatic heterocycles. The Morgan fingerprint density at radius 2 is 2.25 bits per heavy atom. The zero-order valence-corrected chi connectivity index (χ0v) is 11.9. The van der Waals surface area contributed by atoms with Gasteiger partial charge in [-0.2, -0.15) is 0 Å². The number of aryl methyl sites for hydroxylation is 1.